The Morgan fingerprint density at radius 2 is 1.92 bits per heavy atom. The van der Waals surface area contributed by atoms with E-state index in [0.717, 1.165) is 18.5 Å². The van der Waals surface area contributed by atoms with Gasteiger partial charge in [0.05, 0.1) is 17.8 Å². The number of methoxy groups -OCH3 is 1. The van der Waals surface area contributed by atoms with Gasteiger partial charge in [0, 0.05) is 29.8 Å². The molecular formula is C19H31N3O3S. The van der Waals surface area contributed by atoms with Crippen LogP contribution in [0.25, 0.3) is 0 Å². The molecule has 2 rings (SSSR count). The fourth-order valence-corrected chi connectivity index (χ4v) is 4.22. The summed E-state index contributed by atoms with van der Waals surface area (Å²) in [6, 6.07) is -0.805. The standard InChI is InChI=1S/C19H31N3O3S/c1-12(2)15(17(23)25-6)21-18(24)22-9-7-13(8-10-22)16-20-14(11-26-16)19(3,4)5/h11-13,15H,7-10H2,1-6H3,(H,21,24). The zero-order valence-corrected chi connectivity index (χ0v) is 17.5. The van der Waals surface area contributed by atoms with Gasteiger partial charge >= 0.3 is 12.0 Å². The highest BCUT2D eigenvalue weighted by molar-refractivity contribution is 7.09. The second-order valence-electron chi connectivity index (χ2n) is 8.28. The van der Waals surface area contributed by atoms with E-state index in [2.05, 4.69) is 31.5 Å². The van der Waals surface area contributed by atoms with Crippen LogP contribution in [0.2, 0.25) is 0 Å². The molecule has 1 saturated heterocycles. The van der Waals surface area contributed by atoms with E-state index in [1.807, 2.05) is 13.8 Å². The van der Waals surface area contributed by atoms with Gasteiger partial charge in [-0.2, -0.15) is 0 Å². The summed E-state index contributed by atoms with van der Waals surface area (Å²) in [5.41, 5.74) is 1.20. The molecule has 0 spiro atoms. The summed E-state index contributed by atoms with van der Waals surface area (Å²) < 4.78 is 4.79. The summed E-state index contributed by atoms with van der Waals surface area (Å²) >= 11 is 1.72. The van der Waals surface area contributed by atoms with Crippen LogP contribution in [-0.4, -0.2) is 48.1 Å². The number of hydrogen-bond donors (Lipinski definition) is 1. The number of hydrogen-bond acceptors (Lipinski definition) is 5. The van der Waals surface area contributed by atoms with E-state index in [4.69, 9.17) is 9.72 Å². The maximum atomic E-state index is 12.5. The Kier molecular flexibility index (Phi) is 6.66. The summed E-state index contributed by atoms with van der Waals surface area (Å²) in [6.07, 6.45) is 1.80. The lowest BCUT2D eigenvalue weighted by molar-refractivity contribution is -0.144. The number of carbonyl (C=O) groups is 2. The molecule has 1 fully saturated rings. The highest BCUT2D eigenvalue weighted by Gasteiger charge is 2.30. The van der Waals surface area contributed by atoms with E-state index >= 15 is 0 Å². The van der Waals surface area contributed by atoms with Crippen molar-refractivity contribution in [2.45, 2.75) is 64.8 Å². The minimum absolute atomic E-state index is 0.0184. The molecule has 2 heterocycles. The Labute approximate surface area is 160 Å². The molecule has 26 heavy (non-hydrogen) atoms. The van der Waals surface area contributed by atoms with Crippen LogP contribution < -0.4 is 5.32 Å². The third-order valence-corrected chi connectivity index (χ3v) is 5.83. The molecule has 146 valence electrons. The van der Waals surface area contributed by atoms with Crippen LogP contribution in [0.5, 0.6) is 0 Å². The second kappa shape index (κ2) is 8.37. The predicted molar refractivity (Wildman–Crippen MR) is 104 cm³/mol. The molecule has 6 nitrogen and oxygen atoms in total. The Morgan fingerprint density at radius 1 is 1.31 bits per heavy atom. The largest absolute Gasteiger partial charge is 0.467 e. The zero-order chi connectivity index (χ0) is 19.5. The number of thiazole rings is 1. The van der Waals surface area contributed by atoms with E-state index in [0.29, 0.717) is 19.0 Å². The lowest BCUT2D eigenvalue weighted by Gasteiger charge is -2.32. The minimum Gasteiger partial charge on any atom is -0.467 e. The highest BCUT2D eigenvalue weighted by atomic mass is 32.1. The monoisotopic (exact) mass is 381 g/mol. The molecule has 0 saturated carbocycles. The van der Waals surface area contributed by atoms with E-state index in [9.17, 15) is 9.59 Å². The molecular weight excluding hydrogens is 350 g/mol. The number of rotatable bonds is 4. The summed E-state index contributed by atoms with van der Waals surface area (Å²) in [5.74, 6) is -0.0162. The highest BCUT2D eigenvalue weighted by Crippen LogP contribution is 2.33. The molecule has 7 heteroatoms. The second-order valence-corrected chi connectivity index (χ2v) is 9.17. The first-order valence-electron chi connectivity index (χ1n) is 9.22. The van der Waals surface area contributed by atoms with Crippen molar-refractivity contribution in [3.63, 3.8) is 0 Å². The van der Waals surface area contributed by atoms with Crippen molar-refractivity contribution in [2.75, 3.05) is 20.2 Å². The first-order valence-corrected chi connectivity index (χ1v) is 10.1. The van der Waals surface area contributed by atoms with Gasteiger partial charge in [-0.1, -0.05) is 34.6 Å². The lowest BCUT2D eigenvalue weighted by atomic mass is 9.93. The van der Waals surface area contributed by atoms with Crippen LogP contribution in [-0.2, 0) is 14.9 Å². The number of amides is 2. The van der Waals surface area contributed by atoms with Gasteiger partial charge in [-0.3, -0.25) is 0 Å². The molecule has 0 bridgehead atoms. The van der Waals surface area contributed by atoms with E-state index in [1.165, 1.54) is 12.1 Å². The van der Waals surface area contributed by atoms with Crippen LogP contribution in [0.15, 0.2) is 5.38 Å². The normalized spacial score (nSPS) is 17.3. The zero-order valence-electron chi connectivity index (χ0n) is 16.7. The lowest BCUT2D eigenvalue weighted by Crippen LogP contribution is -2.52. The summed E-state index contributed by atoms with van der Waals surface area (Å²) in [4.78, 5) is 30.9. The minimum atomic E-state index is -0.612. The van der Waals surface area contributed by atoms with Gasteiger partial charge in [0.2, 0.25) is 0 Å². The van der Waals surface area contributed by atoms with Crippen molar-refractivity contribution < 1.29 is 14.3 Å². The van der Waals surface area contributed by atoms with Crippen molar-refractivity contribution in [1.29, 1.82) is 0 Å². The van der Waals surface area contributed by atoms with E-state index in [1.54, 1.807) is 16.2 Å². The number of carbonyl (C=O) groups excluding carboxylic acids is 2. The number of aromatic nitrogens is 1. The van der Waals surface area contributed by atoms with Crippen LogP contribution in [0.1, 0.15) is 64.1 Å². The number of nitrogens with zero attached hydrogens (tertiary/aromatic N) is 2. The number of esters is 1. The number of piperidine rings is 1. The van der Waals surface area contributed by atoms with Crippen molar-refractivity contribution in [2.24, 2.45) is 5.92 Å². The van der Waals surface area contributed by atoms with Gasteiger partial charge in [-0.25, -0.2) is 14.6 Å². The summed E-state index contributed by atoms with van der Waals surface area (Å²) in [7, 11) is 1.34. The average molecular weight is 382 g/mol. The Balaban J connectivity index is 1.92. The van der Waals surface area contributed by atoms with Crippen LogP contribution >= 0.6 is 11.3 Å². The molecule has 1 N–H and O–H groups in total. The van der Waals surface area contributed by atoms with E-state index < -0.39 is 12.0 Å². The van der Waals surface area contributed by atoms with Crippen molar-refractivity contribution in [1.82, 2.24) is 15.2 Å². The number of urea groups is 1. The van der Waals surface area contributed by atoms with Gasteiger partial charge in [0.25, 0.3) is 0 Å². The third-order valence-electron chi connectivity index (χ3n) is 4.82. The van der Waals surface area contributed by atoms with Gasteiger partial charge < -0.3 is 15.0 Å². The molecule has 0 aliphatic carbocycles. The maximum absolute atomic E-state index is 12.5. The molecule has 1 unspecified atom stereocenters. The summed E-state index contributed by atoms with van der Waals surface area (Å²) in [5, 5.41) is 6.14. The van der Waals surface area contributed by atoms with Crippen molar-refractivity contribution in [3.8, 4) is 0 Å². The van der Waals surface area contributed by atoms with Crippen LogP contribution in [0, 0.1) is 5.92 Å². The topological polar surface area (TPSA) is 71.5 Å². The van der Waals surface area contributed by atoms with Gasteiger partial charge in [-0.05, 0) is 18.8 Å². The number of ether oxygens (including phenoxy) is 1. The molecule has 0 aromatic carbocycles. The Morgan fingerprint density at radius 3 is 2.38 bits per heavy atom. The third kappa shape index (κ3) is 4.96. The first-order chi connectivity index (χ1) is 12.1. The average Bonchev–Trinajstić information content (AvgIpc) is 3.09. The van der Waals surface area contributed by atoms with Crippen LogP contribution in [0.3, 0.4) is 0 Å². The van der Waals surface area contributed by atoms with E-state index in [-0.39, 0.29) is 17.4 Å². The fourth-order valence-electron chi connectivity index (χ4n) is 3.00. The molecule has 1 aliphatic heterocycles. The molecule has 1 aliphatic rings. The smallest absolute Gasteiger partial charge is 0.328 e. The fraction of sp³-hybridized carbons (Fsp3) is 0.737. The Hall–Kier alpha value is -1.63. The molecule has 2 amide bonds. The van der Waals surface area contributed by atoms with Crippen molar-refractivity contribution >= 4 is 23.3 Å². The number of likely N-dealkylation sites (tertiary alicyclic amines) is 1. The van der Waals surface area contributed by atoms with Gasteiger partial charge in [-0.15, -0.1) is 11.3 Å². The quantitative estimate of drug-likeness (QED) is 0.810. The predicted octanol–water partition coefficient (Wildman–Crippen LogP) is 3.53. The van der Waals surface area contributed by atoms with Crippen LogP contribution in [0.4, 0.5) is 4.79 Å². The van der Waals surface area contributed by atoms with Crippen molar-refractivity contribution in [3.05, 3.63) is 16.1 Å². The van der Waals surface area contributed by atoms with Gasteiger partial charge in [0.1, 0.15) is 6.04 Å². The molecule has 1 aromatic rings. The maximum Gasteiger partial charge on any atom is 0.328 e. The molecule has 0 radical (unpaired) electrons. The number of nitrogens with one attached hydrogen (secondary N) is 1. The van der Waals surface area contributed by atoms with Gasteiger partial charge in [0.15, 0.2) is 0 Å². The molecule has 1 atom stereocenters. The SMILES string of the molecule is COC(=O)C(NC(=O)N1CCC(c2nc(C(C)(C)C)cs2)CC1)C(C)C. The Bertz CT molecular complexity index is 628. The first kappa shape index (κ1) is 20.7. The summed E-state index contributed by atoms with van der Waals surface area (Å²) in [6.45, 7) is 11.6. The molecule has 1 aromatic heterocycles.